The van der Waals surface area contributed by atoms with E-state index in [1.807, 2.05) is 4.90 Å². The van der Waals surface area contributed by atoms with E-state index in [0.29, 0.717) is 19.1 Å². The van der Waals surface area contributed by atoms with Gasteiger partial charge in [0, 0.05) is 33.8 Å². The number of hydrogen-bond acceptors (Lipinski definition) is 4. The quantitative estimate of drug-likeness (QED) is 0.717. The van der Waals surface area contributed by atoms with Crippen molar-refractivity contribution in [3.63, 3.8) is 0 Å². The first kappa shape index (κ1) is 18.9. The van der Waals surface area contributed by atoms with Gasteiger partial charge in [-0.05, 0) is 18.8 Å². The van der Waals surface area contributed by atoms with Crippen molar-refractivity contribution in [2.24, 2.45) is 5.92 Å². The molecule has 22 heavy (non-hydrogen) atoms. The van der Waals surface area contributed by atoms with Crippen LogP contribution in [0.1, 0.15) is 32.6 Å². The lowest BCUT2D eigenvalue weighted by Crippen LogP contribution is -2.48. The molecule has 2 unspecified atom stereocenters. The van der Waals surface area contributed by atoms with Crippen LogP contribution in [0.2, 0.25) is 0 Å². The van der Waals surface area contributed by atoms with Crippen LogP contribution in [0.25, 0.3) is 0 Å². The highest BCUT2D eigenvalue weighted by molar-refractivity contribution is 5.81. The Morgan fingerprint density at radius 2 is 1.86 bits per heavy atom. The number of nitrogens with zero attached hydrogens (tertiary/aromatic N) is 2. The van der Waals surface area contributed by atoms with Crippen LogP contribution in [0.5, 0.6) is 0 Å². The minimum atomic E-state index is -0.00469. The van der Waals surface area contributed by atoms with Crippen LogP contribution in [0.15, 0.2) is 0 Å². The van der Waals surface area contributed by atoms with E-state index in [9.17, 15) is 9.59 Å². The molecule has 6 nitrogen and oxygen atoms in total. The summed E-state index contributed by atoms with van der Waals surface area (Å²) in [5, 5.41) is 3.13. The maximum atomic E-state index is 12.3. The average molecular weight is 313 g/mol. The number of carbonyl (C=O) groups is 2. The van der Waals surface area contributed by atoms with Crippen LogP contribution in [-0.4, -0.2) is 75.1 Å². The van der Waals surface area contributed by atoms with Gasteiger partial charge in [-0.1, -0.05) is 19.8 Å². The Bertz CT molecular complexity index is 361. The predicted molar refractivity (Wildman–Crippen MR) is 86.6 cm³/mol. The molecule has 128 valence electrons. The van der Waals surface area contributed by atoms with Crippen LogP contribution in [0.3, 0.4) is 0 Å². The van der Waals surface area contributed by atoms with E-state index < -0.39 is 0 Å². The molecular formula is C16H31N3O3. The van der Waals surface area contributed by atoms with Crippen molar-refractivity contribution in [2.75, 3.05) is 47.4 Å². The molecule has 0 aliphatic heterocycles. The first-order chi connectivity index (χ1) is 10.4. The second-order valence-corrected chi connectivity index (χ2v) is 6.43. The van der Waals surface area contributed by atoms with E-state index in [0.717, 1.165) is 6.42 Å². The molecule has 1 aliphatic carbocycles. The fraction of sp³-hybridized carbons (Fsp3) is 0.875. The highest BCUT2D eigenvalue weighted by atomic mass is 16.5. The summed E-state index contributed by atoms with van der Waals surface area (Å²) >= 11 is 0. The number of carbonyl (C=O) groups excluding carboxylic acids is 2. The number of amides is 2. The third-order valence-corrected chi connectivity index (χ3v) is 4.29. The Morgan fingerprint density at radius 1 is 1.18 bits per heavy atom. The van der Waals surface area contributed by atoms with Crippen molar-refractivity contribution in [3.8, 4) is 0 Å². The van der Waals surface area contributed by atoms with Crippen LogP contribution in [0, 0.1) is 5.92 Å². The Labute approximate surface area is 134 Å². The summed E-state index contributed by atoms with van der Waals surface area (Å²) in [6, 6.07) is 0.273. The first-order valence-corrected chi connectivity index (χ1v) is 8.14. The van der Waals surface area contributed by atoms with Crippen LogP contribution in [0.4, 0.5) is 0 Å². The van der Waals surface area contributed by atoms with E-state index in [4.69, 9.17) is 4.74 Å². The van der Waals surface area contributed by atoms with Gasteiger partial charge in [-0.25, -0.2) is 0 Å². The molecule has 0 spiro atoms. The van der Waals surface area contributed by atoms with Gasteiger partial charge in [0.25, 0.3) is 0 Å². The smallest absolute Gasteiger partial charge is 0.236 e. The van der Waals surface area contributed by atoms with Crippen LogP contribution >= 0.6 is 0 Å². The molecule has 1 aliphatic rings. The second kappa shape index (κ2) is 9.79. The molecule has 0 heterocycles. The molecule has 2 amide bonds. The van der Waals surface area contributed by atoms with E-state index in [-0.39, 0.29) is 30.9 Å². The first-order valence-electron chi connectivity index (χ1n) is 8.14. The molecule has 1 rings (SSSR count). The highest BCUT2D eigenvalue weighted by Crippen LogP contribution is 2.23. The zero-order valence-corrected chi connectivity index (χ0v) is 14.4. The summed E-state index contributed by atoms with van der Waals surface area (Å²) < 4.78 is 5.06. The SMILES string of the molecule is COCCN(CC(=O)NC1CCCCC1C)CC(=O)N(C)C. The number of ether oxygens (including phenoxy) is 1. The Kier molecular flexibility index (Phi) is 8.42. The van der Waals surface area contributed by atoms with Gasteiger partial charge in [0.1, 0.15) is 0 Å². The monoisotopic (exact) mass is 313 g/mol. The van der Waals surface area contributed by atoms with Crippen molar-refractivity contribution < 1.29 is 14.3 Å². The van der Waals surface area contributed by atoms with Crippen molar-refractivity contribution in [1.82, 2.24) is 15.1 Å². The van der Waals surface area contributed by atoms with E-state index in [1.54, 1.807) is 26.1 Å². The maximum Gasteiger partial charge on any atom is 0.236 e. The third kappa shape index (κ3) is 6.75. The largest absolute Gasteiger partial charge is 0.383 e. The minimum absolute atomic E-state index is 0.00130. The van der Waals surface area contributed by atoms with Gasteiger partial charge >= 0.3 is 0 Å². The normalized spacial score (nSPS) is 21.7. The van der Waals surface area contributed by atoms with E-state index in [2.05, 4.69) is 12.2 Å². The van der Waals surface area contributed by atoms with Crippen LogP contribution in [-0.2, 0) is 14.3 Å². The lowest BCUT2D eigenvalue weighted by molar-refractivity contribution is -0.131. The molecule has 0 aromatic carbocycles. The molecule has 1 saturated carbocycles. The summed E-state index contributed by atoms with van der Waals surface area (Å²) in [5.74, 6) is 0.532. The van der Waals surface area contributed by atoms with Crippen molar-refractivity contribution in [3.05, 3.63) is 0 Å². The summed E-state index contributed by atoms with van der Waals surface area (Å²) in [4.78, 5) is 27.5. The molecule has 0 radical (unpaired) electrons. The average Bonchev–Trinajstić information content (AvgIpc) is 2.47. The van der Waals surface area contributed by atoms with Gasteiger partial charge in [0.15, 0.2) is 0 Å². The number of methoxy groups -OCH3 is 1. The summed E-state index contributed by atoms with van der Waals surface area (Å²) in [5.41, 5.74) is 0. The van der Waals surface area contributed by atoms with Gasteiger partial charge in [-0.2, -0.15) is 0 Å². The van der Waals surface area contributed by atoms with Crippen molar-refractivity contribution in [1.29, 1.82) is 0 Å². The van der Waals surface area contributed by atoms with E-state index in [1.165, 1.54) is 19.3 Å². The fourth-order valence-electron chi connectivity index (χ4n) is 2.75. The minimum Gasteiger partial charge on any atom is -0.383 e. The van der Waals surface area contributed by atoms with Crippen molar-refractivity contribution >= 4 is 11.8 Å². The maximum absolute atomic E-state index is 12.3. The molecule has 0 aromatic heterocycles. The van der Waals surface area contributed by atoms with Gasteiger partial charge in [-0.3, -0.25) is 14.5 Å². The number of nitrogens with one attached hydrogen (secondary N) is 1. The fourth-order valence-corrected chi connectivity index (χ4v) is 2.75. The predicted octanol–water partition coefficient (Wildman–Crippen LogP) is 0.718. The number of hydrogen-bond donors (Lipinski definition) is 1. The molecule has 2 atom stereocenters. The summed E-state index contributed by atoms with van der Waals surface area (Å²) in [7, 11) is 5.07. The van der Waals surface area contributed by atoms with E-state index >= 15 is 0 Å². The Morgan fingerprint density at radius 3 is 2.45 bits per heavy atom. The highest BCUT2D eigenvalue weighted by Gasteiger charge is 2.24. The zero-order valence-electron chi connectivity index (χ0n) is 14.4. The number of likely N-dealkylation sites (N-methyl/N-ethyl adjacent to an activating group) is 1. The molecule has 0 aromatic rings. The summed E-state index contributed by atoms with van der Waals surface area (Å²) in [6.45, 7) is 3.76. The van der Waals surface area contributed by atoms with Crippen LogP contribution < -0.4 is 5.32 Å². The summed E-state index contributed by atoms with van der Waals surface area (Å²) in [6.07, 6.45) is 4.67. The standard InChI is InChI=1S/C16H31N3O3/c1-13-7-5-6-8-14(13)17-15(20)11-19(9-10-22-4)12-16(21)18(2)3/h13-14H,5-12H2,1-4H3,(H,17,20). The topological polar surface area (TPSA) is 61.9 Å². The third-order valence-electron chi connectivity index (χ3n) is 4.29. The second-order valence-electron chi connectivity index (χ2n) is 6.43. The van der Waals surface area contributed by atoms with Crippen molar-refractivity contribution in [2.45, 2.75) is 38.6 Å². The number of rotatable bonds is 8. The lowest BCUT2D eigenvalue weighted by Gasteiger charge is -2.30. The molecule has 0 bridgehead atoms. The van der Waals surface area contributed by atoms with Gasteiger partial charge in [0.2, 0.25) is 11.8 Å². The lowest BCUT2D eigenvalue weighted by atomic mass is 9.86. The molecular weight excluding hydrogens is 282 g/mol. The molecule has 6 heteroatoms. The zero-order chi connectivity index (χ0) is 16.5. The molecule has 1 fully saturated rings. The molecule has 0 saturated heterocycles. The Hall–Kier alpha value is -1.14. The van der Waals surface area contributed by atoms with Gasteiger partial charge in [0.05, 0.1) is 19.7 Å². The van der Waals surface area contributed by atoms with Gasteiger partial charge in [-0.15, -0.1) is 0 Å². The molecule has 1 N–H and O–H groups in total. The Balaban J connectivity index is 2.48. The van der Waals surface area contributed by atoms with Gasteiger partial charge < -0.3 is 15.0 Å².